The first-order chi connectivity index (χ1) is 7.24. The van der Waals surface area contributed by atoms with Crippen LogP contribution in [0.25, 0.3) is 0 Å². The molecule has 1 aliphatic carbocycles. The van der Waals surface area contributed by atoms with Crippen LogP contribution in [0.1, 0.15) is 46.0 Å². The summed E-state index contributed by atoms with van der Waals surface area (Å²) in [4.78, 5) is 0. The first-order valence-corrected chi connectivity index (χ1v) is 6.91. The van der Waals surface area contributed by atoms with Gasteiger partial charge in [-0.25, -0.2) is 0 Å². The van der Waals surface area contributed by atoms with Crippen molar-refractivity contribution in [2.75, 3.05) is 19.1 Å². The molecule has 0 aromatic rings. The quantitative estimate of drug-likeness (QED) is 0.475. The van der Waals surface area contributed by atoms with Crippen LogP contribution < -0.4 is 0 Å². The van der Waals surface area contributed by atoms with Gasteiger partial charge in [0, 0.05) is 19.1 Å². The van der Waals surface area contributed by atoms with E-state index in [1.54, 1.807) is 0 Å². The molecule has 0 amide bonds. The minimum absolute atomic E-state index is 0.644. The lowest BCUT2D eigenvalue weighted by molar-refractivity contribution is 0.0933. The van der Waals surface area contributed by atoms with Crippen LogP contribution in [0.5, 0.6) is 0 Å². The predicted molar refractivity (Wildman–Crippen MR) is 66.4 cm³/mol. The summed E-state index contributed by atoms with van der Waals surface area (Å²) in [5, 5.41) is 0. The highest BCUT2D eigenvalue weighted by molar-refractivity contribution is 6.18. The fourth-order valence-corrected chi connectivity index (χ4v) is 2.83. The molecule has 0 heterocycles. The van der Waals surface area contributed by atoms with Gasteiger partial charge in [0.25, 0.3) is 0 Å². The van der Waals surface area contributed by atoms with E-state index in [0.29, 0.717) is 11.8 Å². The predicted octanol–water partition coefficient (Wildman–Crippen LogP) is 4.09. The third-order valence-corrected chi connectivity index (χ3v) is 3.75. The van der Waals surface area contributed by atoms with Gasteiger partial charge in [0.1, 0.15) is 0 Å². The number of halogens is 1. The summed E-state index contributed by atoms with van der Waals surface area (Å²) in [6.07, 6.45) is 6.75. The first kappa shape index (κ1) is 13.3. The molecule has 1 fully saturated rings. The average Bonchev–Trinajstić information content (AvgIpc) is 2.70. The molecule has 2 heteroatoms. The van der Waals surface area contributed by atoms with Gasteiger partial charge in [0.05, 0.1) is 0 Å². The molecule has 0 spiro atoms. The van der Waals surface area contributed by atoms with Crippen molar-refractivity contribution in [1.29, 1.82) is 0 Å². The zero-order valence-electron chi connectivity index (χ0n) is 10.2. The molecule has 1 aliphatic rings. The second-order valence-corrected chi connectivity index (χ2v) is 5.52. The minimum Gasteiger partial charge on any atom is -0.381 e. The normalized spacial score (nSPS) is 20.0. The zero-order chi connectivity index (χ0) is 11.1. The lowest BCUT2D eigenvalue weighted by Gasteiger charge is -2.21. The third kappa shape index (κ3) is 5.21. The minimum atomic E-state index is 0.644. The van der Waals surface area contributed by atoms with Crippen molar-refractivity contribution in [2.45, 2.75) is 46.0 Å². The number of rotatable bonds is 7. The molecule has 90 valence electrons. The van der Waals surface area contributed by atoms with Gasteiger partial charge in [0.15, 0.2) is 0 Å². The van der Waals surface area contributed by atoms with Crippen LogP contribution >= 0.6 is 11.6 Å². The Kier molecular flexibility index (Phi) is 6.67. The van der Waals surface area contributed by atoms with Crippen LogP contribution in [0.15, 0.2) is 0 Å². The monoisotopic (exact) mass is 232 g/mol. The number of hydrogen-bond donors (Lipinski definition) is 0. The van der Waals surface area contributed by atoms with E-state index < -0.39 is 0 Å². The summed E-state index contributed by atoms with van der Waals surface area (Å²) >= 11 is 6.03. The largest absolute Gasteiger partial charge is 0.381 e. The molecule has 15 heavy (non-hydrogen) atoms. The highest BCUT2D eigenvalue weighted by atomic mass is 35.5. The maximum atomic E-state index is 6.03. The Bertz CT molecular complexity index is 153. The summed E-state index contributed by atoms with van der Waals surface area (Å²) in [5.41, 5.74) is 0. The van der Waals surface area contributed by atoms with E-state index in [1.807, 2.05) is 0 Å². The molecule has 1 rings (SSSR count). The van der Waals surface area contributed by atoms with Crippen molar-refractivity contribution >= 4 is 11.6 Å². The molecular formula is C13H25ClO. The summed E-state index contributed by atoms with van der Waals surface area (Å²) in [5.74, 6) is 3.04. The maximum Gasteiger partial charge on any atom is 0.0488 e. The van der Waals surface area contributed by atoms with Crippen molar-refractivity contribution in [3.8, 4) is 0 Å². The van der Waals surface area contributed by atoms with E-state index in [9.17, 15) is 0 Å². The van der Waals surface area contributed by atoms with Crippen molar-refractivity contribution in [2.24, 2.45) is 17.8 Å². The second kappa shape index (κ2) is 7.51. The van der Waals surface area contributed by atoms with Crippen LogP contribution in [0, 0.1) is 17.8 Å². The molecule has 1 unspecified atom stereocenters. The smallest absolute Gasteiger partial charge is 0.0488 e. The number of alkyl halides is 1. The Labute approximate surface area is 99.5 Å². The van der Waals surface area contributed by atoms with Crippen LogP contribution in [-0.4, -0.2) is 19.1 Å². The zero-order valence-corrected chi connectivity index (χ0v) is 10.9. The van der Waals surface area contributed by atoms with Crippen molar-refractivity contribution in [3.05, 3.63) is 0 Å². The molecule has 0 bridgehead atoms. The second-order valence-electron chi connectivity index (χ2n) is 5.22. The maximum absolute atomic E-state index is 6.03. The van der Waals surface area contributed by atoms with Gasteiger partial charge < -0.3 is 4.74 Å². The van der Waals surface area contributed by atoms with Gasteiger partial charge in [-0.05, 0) is 24.2 Å². The van der Waals surface area contributed by atoms with Gasteiger partial charge in [-0.15, -0.1) is 11.6 Å². The van der Waals surface area contributed by atoms with Crippen LogP contribution in [-0.2, 0) is 4.74 Å². The molecular weight excluding hydrogens is 208 g/mol. The summed E-state index contributed by atoms with van der Waals surface area (Å²) in [7, 11) is 0. The van der Waals surface area contributed by atoms with Crippen molar-refractivity contribution in [3.63, 3.8) is 0 Å². The molecule has 1 atom stereocenters. The van der Waals surface area contributed by atoms with Gasteiger partial charge in [-0.2, -0.15) is 0 Å². The Morgan fingerprint density at radius 1 is 1.27 bits per heavy atom. The van der Waals surface area contributed by atoms with E-state index in [0.717, 1.165) is 31.4 Å². The standard InChI is InChI=1S/C13H25ClO/c1-11(2)10-15-8-7-13(9-14)12-5-3-4-6-12/h11-13H,3-10H2,1-2H3. The fourth-order valence-electron chi connectivity index (χ4n) is 2.42. The third-order valence-electron chi connectivity index (χ3n) is 3.35. The highest BCUT2D eigenvalue weighted by Crippen LogP contribution is 2.33. The summed E-state index contributed by atoms with van der Waals surface area (Å²) < 4.78 is 5.63. The lowest BCUT2D eigenvalue weighted by Crippen LogP contribution is -2.16. The average molecular weight is 233 g/mol. The molecule has 0 saturated heterocycles. The van der Waals surface area contributed by atoms with Crippen molar-refractivity contribution < 1.29 is 4.74 Å². The molecule has 1 saturated carbocycles. The molecule has 0 N–H and O–H groups in total. The molecule has 0 aliphatic heterocycles. The Morgan fingerprint density at radius 2 is 1.93 bits per heavy atom. The molecule has 1 nitrogen and oxygen atoms in total. The Morgan fingerprint density at radius 3 is 2.47 bits per heavy atom. The van der Waals surface area contributed by atoms with Crippen LogP contribution in [0.4, 0.5) is 0 Å². The van der Waals surface area contributed by atoms with Gasteiger partial charge in [0.2, 0.25) is 0 Å². The fraction of sp³-hybridized carbons (Fsp3) is 1.00. The van der Waals surface area contributed by atoms with E-state index >= 15 is 0 Å². The topological polar surface area (TPSA) is 9.23 Å². The van der Waals surface area contributed by atoms with E-state index in [1.165, 1.54) is 25.7 Å². The number of hydrogen-bond acceptors (Lipinski definition) is 1. The molecule has 0 aromatic carbocycles. The van der Waals surface area contributed by atoms with Gasteiger partial charge >= 0.3 is 0 Å². The van der Waals surface area contributed by atoms with E-state index in [2.05, 4.69) is 13.8 Å². The van der Waals surface area contributed by atoms with Crippen LogP contribution in [0.2, 0.25) is 0 Å². The molecule has 0 aromatic heterocycles. The number of ether oxygens (including phenoxy) is 1. The Balaban J connectivity index is 2.10. The molecule has 0 radical (unpaired) electrons. The first-order valence-electron chi connectivity index (χ1n) is 6.37. The van der Waals surface area contributed by atoms with Crippen LogP contribution in [0.3, 0.4) is 0 Å². The van der Waals surface area contributed by atoms with E-state index in [-0.39, 0.29) is 0 Å². The Hall–Kier alpha value is 0.250. The summed E-state index contributed by atoms with van der Waals surface area (Å²) in [6, 6.07) is 0. The van der Waals surface area contributed by atoms with Gasteiger partial charge in [-0.1, -0.05) is 39.5 Å². The SMILES string of the molecule is CC(C)COCCC(CCl)C1CCCC1. The van der Waals surface area contributed by atoms with Gasteiger partial charge in [-0.3, -0.25) is 0 Å². The van der Waals surface area contributed by atoms with E-state index in [4.69, 9.17) is 16.3 Å². The highest BCUT2D eigenvalue weighted by Gasteiger charge is 2.23. The lowest BCUT2D eigenvalue weighted by atomic mass is 9.90. The van der Waals surface area contributed by atoms with Crippen molar-refractivity contribution in [1.82, 2.24) is 0 Å². The summed E-state index contributed by atoms with van der Waals surface area (Å²) in [6.45, 7) is 6.16.